The van der Waals surface area contributed by atoms with Gasteiger partial charge in [-0.25, -0.2) is 4.98 Å². The van der Waals surface area contributed by atoms with Crippen molar-refractivity contribution in [2.75, 3.05) is 6.54 Å². The Morgan fingerprint density at radius 3 is 3.00 bits per heavy atom. The number of nitrogens with zero attached hydrogens (tertiary/aromatic N) is 1. The fourth-order valence-electron chi connectivity index (χ4n) is 1.84. The van der Waals surface area contributed by atoms with E-state index in [0.29, 0.717) is 0 Å². The Morgan fingerprint density at radius 2 is 2.29 bits per heavy atom. The third-order valence-corrected chi connectivity index (χ3v) is 4.94. The molecule has 4 heteroatoms. The van der Waals surface area contributed by atoms with Gasteiger partial charge < -0.3 is 5.32 Å². The zero-order valence-corrected chi connectivity index (χ0v) is 11.5. The first-order chi connectivity index (χ1) is 8.33. The molecule has 2 nitrogen and oxygen atoms in total. The van der Waals surface area contributed by atoms with E-state index in [1.165, 1.54) is 28.3 Å². The molecular formula is C13H16N2S2. The Morgan fingerprint density at radius 1 is 1.41 bits per heavy atom. The fourth-order valence-corrected chi connectivity index (χ4v) is 3.55. The summed E-state index contributed by atoms with van der Waals surface area (Å²) in [4.78, 5) is 6.01. The van der Waals surface area contributed by atoms with Crippen molar-refractivity contribution in [3.05, 3.63) is 27.4 Å². The second-order valence-corrected chi connectivity index (χ2v) is 6.49. The van der Waals surface area contributed by atoms with Gasteiger partial charge in [-0.3, -0.25) is 0 Å². The van der Waals surface area contributed by atoms with Crippen LogP contribution in [-0.2, 0) is 6.54 Å². The standard InChI is InChI=1S/C13H16N2S2/c1-9-4-5-16-13(9)11-8-17-12(15-11)7-14-6-10-2-3-10/h4-5,8,10,14H,2-3,6-7H2,1H3. The minimum atomic E-state index is 0.922. The van der Waals surface area contributed by atoms with Crippen molar-refractivity contribution >= 4 is 22.7 Å². The van der Waals surface area contributed by atoms with Crippen molar-refractivity contribution in [1.82, 2.24) is 10.3 Å². The van der Waals surface area contributed by atoms with Crippen molar-refractivity contribution in [3.63, 3.8) is 0 Å². The summed E-state index contributed by atoms with van der Waals surface area (Å²) in [5.41, 5.74) is 2.48. The molecule has 0 aromatic carbocycles. The molecule has 2 aromatic rings. The van der Waals surface area contributed by atoms with E-state index in [0.717, 1.165) is 24.7 Å². The largest absolute Gasteiger partial charge is 0.310 e. The second-order valence-electron chi connectivity index (χ2n) is 4.63. The number of rotatable bonds is 5. The molecule has 3 rings (SSSR count). The van der Waals surface area contributed by atoms with E-state index in [1.54, 1.807) is 22.7 Å². The van der Waals surface area contributed by atoms with Gasteiger partial charge in [0.15, 0.2) is 0 Å². The molecule has 90 valence electrons. The van der Waals surface area contributed by atoms with E-state index in [4.69, 9.17) is 4.98 Å². The highest BCUT2D eigenvalue weighted by atomic mass is 32.1. The van der Waals surface area contributed by atoms with E-state index in [2.05, 4.69) is 29.1 Å². The van der Waals surface area contributed by atoms with Crippen LogP contribution in [0.3, 0.4) is 0 Å². The van der Waals surface area contributed by atoms with E-state index in [9.17, 15) is 0 Å². The molecule has 17 heavy (non-hydrogen) atoms. The van der Waals surface area contributed by atoms with Crippen molar-refractivity contribution in [2.24, 2.45) is 5.92 Å². The van der Waals surface area contributed by atoms with Gasteiger partial charge in [-0.1, -0.05) is 0 Å². The van der Waals surface area contributed by atoms with Crippen LogP contribution in [-0.4, -0.2) is 11.5 Å². The molecule has 2 heterocycles. The van der Waals surface area contributed by atoms with Crippen LogP contribution >= 0.6 is 22.7 Å². The van der Waals surface area contributed by atoms with Crippen molar-refractivity contribution < 1.29 is 0 Å². The summed E-state index contributed by atoms with van der Waals surface area (Å²) < 4.78 is 0. The van der Waals surface area contributed by atoms with Gasteiger partial charge in [0.05, 0.1) is 10.6 Å². The number of nitrogens with one attached hydrogen (secondary N) is 1. The molecule has 0 spiro atoms. The van der Waals surface area contributed by atoms with E-state index in [-0.39, 0.29) is 0 Å². The molecule has 1 N–H and O–H groups in total. The first kappa shape index (κ1) is 11.4. The lowest BCUT2D eigenvalue weighted by Crippen LogP contribution is -2.15. The van der Waals surface area contributed by atoms with Gasteiger partial charge in [0.2, 0.25) is 0 Å². The van der Waals surface area contributed by atoms with Crippen LogP contribution in [0.15, 0.2) is 16.8 Å². The van der Waals surface area contributed by atoms with Gasteiger partial charge in [-0.05, 0) is 49.2 Å². The second kappa shape index (κ2) is 4.88. The van der Waals surface area contributed by atoms with Gasteiger partial charge in [0, 0.05) is 11.9 Å². The van der Waals surface area contributed by atoms with Crippen molar-refractivity contribution in [3.8, 4) is 10.6 Å². The summed E-state index contributed by atoms with van der Waals surface area (Å²) in [6.45, 7) is 4.23. The third-order valence-electron chi connectivity index (χ3n) is 3.05. The van der Waals surface area contributed by atoms with Gasteiger partial charge in [-0.15, -0.1) is 22.7 Å². The lowest BCUT2D eigenvalue weighted by molar-refractivity contribution is 0.637. The molecule has 0 unspecified atom stereocenters. The van der Waals surface area contributed by atoms with Crippen molar-refractivity contribution in [1.29, 1.82) is 0 Å². The zero-order valence-electron chi connectivity index (χ0n) is 9.90. The summed E-state index contributed by atoms with van der Waals surface area (Å²) in [7, 11) is 0. The highest BCUT2D eigenvalue weighted by molar-refractivity contribution is 7.14. The molecule has 0 aliphatic heterocycles. The zero-order chi connectivity index (χ0) is 11.7. The Kier molecular flexibility index (Phi) is 3.27. The maximum atomic E-state index is 4.70. The van der Waals surface area contributed by atoms with Gasteiger partial charge >= 0.3 is 0 Å². The average molecular weight is 264 g/mol. The summed E-state index contributed by atoms with van der Waals surface area (Å²) >= 11 is 3.54. The maximum Gasteiger partial charge on any atom is 0.107 e. The molecule has 0 atom stereocenters. The Hall–Kier alpha value is -0.710. The lowest BCUT2D eigenvalue weighted by Gasteiger charge is -1.99. The maximum absolute atomic E-state index is 4.70. The first-order valence-electron chi connectivity index (χ1n) is 6.02. The quantitative estimate of drug-likeness (QED) is 0.891. The van der Waals surface area contributed by atoms with E-state index in [1.807, 2.05) is 0 Å². The topological polar surface area (TPSA) is 24.9 Å². The van der Waals surface area contributed by atoms with Crippen LogP contribution in [0, 0.1) is 12.8 Å². The predicted molar refractivity (Wildman–Crippen MR) is 74.6 cm³/mol. The molecular weight excluding hydrogens is 248 g/mol. The number of hydrogen-bond donors (Lipinski definition) is 1. The van der Waals surface area contributed by atoms with E-state index < -0.39 is 0 Å². The molecule has 0 bridgehead atoms. The molecule has 0 amide bonds. The van der Waals surface area contributed by atoms with Crippen LogP contribution in [0.5, 0.6) is 0 Å². The Labute approximate surface area is 110 Å². The van der Waals surface area contributed by atoms with Gasteiger partial charge in [0.25, 0.3) is 0 Å². The smallest absolute Gasteiger partial charge is 0.107 e. The highest BCUT2D eigenvalue weighted by Crippen LogP contribution is 2.30. The monoisotopic (exact) mass is 264 g/mol. The number of thiophene rings is 1. The minimum Gasteiger partial charge on any atom is -0.310 e. The Bertz CT molecular complexity index is 497. The minimum absolute atomic E-state index is 0.922. The molecule has 1 aliphatic carbocycles. The van der Waals surface area contributed by atoms with Gasteiger partial charge in [-0.2, -0.15) is 0 Å². The van der Waals surface area contributed by atoms with Crippen LogP contribution in [0.2, 0.25) is 0 Å². The summed E-state index contributed by atoms with van der Waals surface area (Å²) in [6, 6.07) is 2.16. The fraction of sp³-hybridized carbons (Fsp3) is 0.462. The normalized spacial score (nSPS) is 15.4. The number of aryl methyl sites for hydroxylation is 1. The predicted octanol–water partition coefficient (Wildman–Crippen LogP) is 3.68. The molecule has 0 saturated heterocycles. The molecule has 2 aromatic heterocycles. The highest BCUT2D eigenvalue weighted by Gasteiger charge is 2.20. The number of thiazole rings is 1. The van der Waals surface area contributed by atoms with E-state index >= 15 is 0 Å². The average Bonchev–Trinajstić information content (AvgIpc) is 2.85. The van der Waals surface area contributed by atoms with Crippen LogP contribution in [0.4, 0.5) is 0 Å². The van der Waals surface area contributed by atoms with Crippen molar-refractivity contribution in [2.45, 2.75) is 26.3 Å². The molecule has 1 saturated carbocycles. The number of aromatic nitrogens is 1. The first-order valence-corrected chi connectivity index (χ1v) is 7.78. The molecule has 1 aliphatic rings. The third kappa shape index (κ3) is 2.76. The van der Waals surface area contributed by atoms with Crippen LogP contribution in [0.25, 0.3) is 10.6 Å². The lowest BCUT2D eigenvalue weighted by atomic mass is 10.2. The molecule has 0 radical (unpaired) electrons. The summed E-state index contributed by atoms with van der Waals surface area (Å²) in [5, 5.41) is 9.00. The van der Waals surface area contributed by atoms with Crippen LogP contribution in [0.1, 0.15) is 23.4 Å². The Balaban J connectivity index is 1.63. The van der Waals surface area contributed by atoms with Crippen LogP contribution < -0.4 is 5.32 Å². The van der Waals surface area contributed by atoms with Gasteiger partial charge in [0.1, 0.15) is 5.01 Å². The summed E-state index contributed by atoms with van der Waals surface area (Å²) in [5.74, 6) is 0.939. The summed E-state index contributed by atoms with van der Waals surface area (Å²) in [6.07, 6.45) is 2.81. The number of hydrogen-bond acceptors (Lipinski definition) is 4. The molecule has 1 fully saturated rings. The SMILES string of the molecule is Cc1ccsc1-c1csc(CNCC2CC2)n1.